The molecule has 0 aliphatic heterocycles. The fourth-order valence-corrected chi connectivity index (χ4v) is 4.03. The molecule has 1 N–H and O–H groups in total. The van der Waals surface area contributed by atoms with Crippen molar-refractivity contribution in [2.24, 2.45) is 0 Å². The van der Waals surface area contributed by atoms with Gasteiger partial charge in [-0.2, -0.15) is 0 Å². The molecule has 124 valence electrons. The van der Waals surface area contributed by atoms with E-state index in [1.165, 1.54) is 23.1 Å². The number of rotatable bonds is 5. The van der Waals surface area contributed by atoms with Crippen LogP contribution in [-0.2, 0) is 18.6 Å². The molecule has 0 atom stereocenters. The standard InChI is InChI=1S/C14H20N6OS2/c1-5-6-19-10(8-21)16-17-12(19)23-13-18-20-7-9(14(2,3)4)15-11(20)22-13/h7,21H,5-6,8H2,1-4H3. The van der Waals surface area contributed by atoms with Crippen LogP contribution in [0.15, 0.2) is 15.7 Å². The van der Waals surface area contributed by atoms with Crippen LogP contribution in [0.1, 0.15) is 45.6 Å². The quantitative estimate of drug-likeness (QED) is 0.760. The highest BCUT2D eigenvalue weighted by Crippen LogP contribution is 2.32. The second-order valence-corrected chi connectivity index (χ2v) is 8.45. The summed E-state index contributed by atoms with van der Waals surface area (Å²) >= 11 is 2.99. The van der Waals surface area contributed by atoms with Gasteiger partial charge >= 0.3 is 0 Å². The van der Waals surface area contributed by atoms with Gasteiger partial charge in [-0.05, 0) is 18.2 Å². The van der Waals surface area contributed by atoms with Gasteiger partial charge in [0.15, 0.2) is 15.3 Å². The van der Waals surface area contributed by atoms with Gasteiger partial charge in [0.2, 0.25) is 4.96 Å². The molecular weight excluding hydrogens is 332 g/mol. The lowest BCUT2D eigenvalue weighted by Crippen LogP contribution is -2.11. The molecule has 3 aromatic rings. The molecule has 0 saturated heterocycles. The lowest BCUT2D eigenvalue weighted by Gasteiger charge is -2.13. The molecule has 0 unspecified atom stereocenters. The molecule has 0 bridgehead atoms. The normalized spacial score (nSPS) is 12.4. The van der Waals surface area contributed by atoms with E-state index in [0.29, 0.717) is 5.82 Å². The SMILES string of the molecule is CCCn1c(CO)nnc1Sc1nn2cc(C(C)(C)C)nc2s1. The number of hydrogen-bond donors (Lipinski definition) is 1. The van der Waals surface area contributed by atoms with E-state index < -0.39 is 0 Å². The van der Waals surface area contributed by atoms with Crippen molar-refractivity contribution in [2.45, 2.75) is 62.2 Å². The average molecular weight is 352 g/mol. The molecule has 9 heteroatoms. The number of hydrogen-bond acceptors (Lipinski definition) is 7. The molecule has 0 aromatic carbocycles. The first-order valence-electron chi connectivity index (χ1n) is 7.50. The minimum atomic E-state index is -0.107. The van der Waals surface area contributed by atoms with Crippen molar-refractivity contribution in [3.05, 3.63) is 17.7 Å². The van der Waals surface area contributed by atoms with E-state index in [1.807, 2.05) is 15.3 Å². The molecule has 23 heavy (non-hydrogen) atoms. The number of fused-ring (bicyclic) bond motifs is 1. The van der Waals surface area contributed by atoms with Gasteiger partial charge in [-0.15, -0.1) is 15.3 Å². The smallest absolute Gasteiger partial charge is 0.213 e. The third-order valence-corrected chi connectivity index (χ3v) is 5.31. The number of nitrogens with zero attached hydrogens (tertiary/aromatic N) is 6. The maximum atomic E-state index is 9.35. The van der Waals surface area contributed by atoms with Gasteiger partial charge in [-0.1, -0.05) is 39.0 Å². The Morgan fingerprint density at radius 1 is 1.30 bits per heavy atom. The third-order valence-electron chi connectivity index (χ3n) is 3.35. The van der Waals surface area contributed by atoms with Gasteiger partial charge in [0, 0.05) is 12.0 Å². The Labute approximate surface area is 142 Å². The topological polar surface area (TPSA) is 81.1 Å². The highest BCUT2D eigenvalue weighted by molar-refractivity contribution is 8.01. The summed E-state index contributed by atoms with van der Waals surface area (Å²) in [6, 6.07) is 0. The monoisotopic (exact) mass is 352 g/mol. The van der Waals surface area contributed by atoms with Crippen molar-refractivity contribution in [1.29, 1.82) is 0 Å². The maximum Gasteiger partial charge on any atom is 0.213 e. The Morgan fingerprint density at radius 2 is 2.09 bits per heavy atom. The van der Waals surface area contributed by atoms with Crippen molar-refractivity contribution in [3.63, 3.8) is 0 Å². The van der Waals surface area contributed by atoms with Crippen LogP contribution in [0.5, 0.6) is 0 Å². The summed E-state index contributed by atoms with van der Waals surface area (Å²) in [5, 5.41) is 22.9. The van der Waals surface area contributed by atoms with Crippen LogP contribution in [0.25, 0.3) is 4.96 Å². The van der Waals surface area contributed by atoms with E-state index in [-0.39, 0.29) is 12.0 Å². The van der Waals surface area contributed by atoms with Crippen LogP contribution < -0.4 is 0 Å². The number of aliphatic hydroxyl groups is 1. The lowest BCUT2D eigenvalue weighted by atomic mass is 9.93. The van der Waals surface area contributed by atoms with Crippen molar-refractivity contribution in [2.75, 3.05) is 0 Å². The van der Waals surface area contributed by atoms with Crippen molar-refractivity contribution < 1.29 is 5.11 Å². The zero-order chi connectivity index (χ0) is 16.6. The summed E-state index contributed by atoms with van der Waals surface area (Å²) in [7, 11) is 0. The van der Waals surface area contributed by atoms with E-state index in [4.69, 9.17) is 0 Å². The Hall–Kier alpha value is -1.45. The third kappa shape index (κ3) is 3.26. The Kier molecular flexibility index (Phi) is 4.43. The predicted octanol–water partition coefficient (Wildman–Crippen LogP) is 2.73. The highest BCUT2D eigenvalue weighted by atomic mass is 32.2. The lowest BCUT2D eigenvalue weighted by molar-refractivity contribution is 0.263. The summed E-state index contributed by atoms with van der Waals surface area (Å²) in [4.78, 5) is 5.53. The number of aromatic nitrogens is 6. The van der Waals surface area contributed by atoms with Crippen LogP contribution in [0.2, 0.25) is 0 Å². The average Bonchev–Trinajstić information content (AvgIpc) is 3.12. The second-order valence-electron chi connectivity index (χ2n) is 6.28. The van der Waals surface area contributed by atoms with Crippen LogP contribution in [0.4, 0.5) is 0 Å². The van der Waals surface area contributed by atoms with Gasteiger partial charge in [0.05, 0.1) is 11.9 Å². The molecule has 3 heterocycles. The fourth-order valence-electron chi connectivity index (χ4n) is 2.12. The minimum Gasteiger partial charge on any atom is -0.388 e. The minimum absolute atomic E-state index is 0.0120. The largest absolute Gasteiger partial charge is 0.388 e. The zero-order valence-corrected chi connectivity index (χ0v) is 15.3. The first-order valence-corrected chi connectivity index (χ1v) is 9.13. The Bertz CT molecular complexity index is 782. The van der Waals surface area contributed by atoms with E-state index in [1.54, 1.807) is 0 Å². The summed E-state index contributed by atoms with van der Waals surface area (Å²) in [6.07, 6.45) is 2.93. The summed E-state index contributed by atoms with van der Waals surface area (Å²) < 4.78 is 4.62. The molecule has 7 nitrogen and oxygen atoms in total. The predicted molar refractivity (Wildman–Crippen MR) is 89.9 cm³/mol. The molecule has 3 aromatic heterocycles. The summed E-state index contributed by atoms with van der Waals surface area (Å²) in [5.41, 5.74) is 1.04. The first kappa shape index (κ1) is 16.4. The van der Waals surface area contributed by atoms with Crippen molar-refractivity contribution in [3.8, 4) is 0 Å². The molecule has 0 fully saturated rings. The van der Waals surface area contributed by atoms with E-state index >= 15 is 0 Å². The molecule has 0 saturated carbocycles. The van der Waals surface area contributed by atoms with Crippen LogP contribution >= 0.6 is 23.1 Å². The van der Waals surface area contributed by atoms with Gasteiger partial charge in [0.25, 0.3) is 0 Å². The Morgan fingerprint density at radius 3 is 2.70 bits per heavy atom. The summed E-state index contributed by atoms with van der Waals surface area (Å²) in [6.45, 7) is 9.17. The molecule has 0 radical (unpaired) electrons. The van der Waals surface area contributed by atoms with E-state index in [9.17, 15) is 5.11 Å². The molecule has 3 rings (SSSR count). The maximum absolute atomic E-state index is 9.35. The highest BCUT2D eigenvalue weighted by Gasteiger charge is 2.20. The molecule has 0 aliphatic carbocycles. The van der Waals surface area contributed by atoms with Crippen molar-refractivity contribution >= 4 is 28.1 Å². The van der Waals surface area contributed by atoms with Crippen LogP contribution in [0, 0.1) is 0 Å². The number of imidazole rings is 1. The Balaban J connectivity index is 1.87. The van der Waals surface area contributed by atoms with E-state index in [2.05, 4.69) is 48.0 Å². The molecule has 0 amide bonds. The molecule has 0 spiro atoms. The van der Waals surface area contributed by atoms with Crippen molar-refractivity contribution in [1.82, 2.24) is 29.4 Å². The molecular formula is C14H20N6OS2. The van der Waals surface area contributed by atoms with Crippen LogP contribution in [-0.4, -0.2) is 34.5 Å². The zero-order valence-electron chi connectivity index (χ0n) is 13.6. The van der Waals surface area contributed by atoms with Gasteiger partial charge in [-0.25, -0.2) is 9.50 Å². The van der Waals surface area contributed by atoms with Gasteiger partial charge in [-0.3, -0.25) is 0 Å². The first-order chi connectivity index (χ1) is 10.9. The number of aliphatic hydroxyl groups excluding tert-OH is 1. The van der Waals surface area contributed by atoms with E-state index in [0.717, 1.165) is 33.1 Å². The van der Waals surface area contributed by atoms with Gasteiger partial charge < -0.3 is 9.67 Å². The second kappa shape index (κ2) is 6.21. The summed E-state index contributed by atoms with van der Waals surface area (Å²) in [5.74, 6) is 0.589. The van der Waals surface area contributed by atoms with Crippen LogP contribution in [0.3, 0.4) is 0 Å². The molecule has 0 aliphatic rings. The van der Waals surface area contributed by atoms with Gasteiger partial charge in [0.1, 0.15) is 6.61 Å². The fraction of sp³-hybridized carbons (Fsp3) is 0.571.